The van der Waals surface area contributed by atoms with Gasteiger partial charge in [0.1, 0.15) is 5.82 Å². The molecule has 0 spiro atoms. The van der Waals surface area contributed by atoms with E-state index < -0.39 is 5.97 Å². The third-order valence-electron chi connectivity index (χ3n) is 3.52. The predicted octanol–water partition coefficient (Wildman–Crippen LogP) is 2.19. The van der Waals surface area contributed by atoms with Crippen LogP contribution < -0.4 is 0 Å². The van der Waals surface area contributed by atoms with Crippen LogP contribution in [-0.2, 0) is 4.79 Å². The summed E-state index contributed by atoms with van der Waals surface area (Å²) < 4.78 is 0. The highest BCUT2D eigenvalue weighted by Gasteiger charge is 2.30. The van der Waals surface area contributed by atoms with Crippen molar-refractivity contribution in [2.24, 2.45) is 5.92 Å². The Bertz CT molecular complexity index is 562. The molecule has 1 amide bonds. The van der Waals surface area contributed by atoms with Crippen molar-refractivity contribution in [3.63, 3.8) is 0 Å². The van der Waals surface area contributed by atoms with Crippen molar-refractivity contribution < 1.29 is 14.7 Å². The molecular weight excluding hydrogens is 294 g/mol. The van der Waals surface area contributed by atoms with Crippen LogP contribution in [0.3, 0.4) is 0 Å². The molecule has 1 aliphatic heterocycles. The van der Waals surface area contributed by atoms with Crippen LogP contribution in [0.2, 0.25) is 5.02 Å². The number of carboxylic acids is 1. The second-order valence-electron chi connectivity index (χ2n) is 5.58. The summed E-state index contributed by atoms with van der Waals surface area (Å²) >= 11 is 6.03. The first-order valence-corrected chi connectivity index (χ1v) is 7.29. The molecule has 1 saturated heterocycles. The lowest BCUT2D eigenvalue weighted by atomic mass is 10.1. The molecule has 1 aromatic rings. The molecule has 1 aliphatic rings. The van der Waals surface area contributed by atoms with Gasteiger partial charge in [-0.25, -0.2) is 9.97 Å². The minimum atomic E-state index is -0.837. The zero-order valence-electron chi connectivity index (χ0n) is 12.0. The smallest absolute Gasteiger partial charge is 0.303 e. The number of hydrogen-bond acceptors (Lipinski definition) is 4. The van der Waals surface area contributed by atoms with Crippen molar-refractivity contribution in [3.05, 3.63) is 22.7 Å². The van der Waals surface area contributed by atoms with E-state index in [0.717, 1.165) is 0 Å². The van der Waals surface area contributed by atoms with Gasteiger partial charge in [-0.3, -0.25) is 9.59 Å². The molecular formula is C14H18ClN3O3. The predicted molar refractivity (Wildman–Crippen MR) is 77.4 cm³/mol. The van der Waals surface area contributed by atoms with E-state index in [0.29, 0.717) is 25.3 Å². The van der Waals surface area contributed by atoms with E-state index in [1.807, 2.05) is 13.8 Å². The Morgan fingerprint density at radius 2 is 2.24 bits per heavy atom. The fourth-order valence-corrected chi connectivity index (χ4v) is 2.56. The first-order valence-electron chi connectivity index (χ1n) is 6.92. The van der Waals surface area contributed by atoms with Gasteiger partial charge in [-0.2, -0.15) is 0 Å². The van der Waals surface area contributed by atoms with Gasteiger partial charge in [0.15, 0.2) is 5.69 Å². The highest BCUT2D eigenvalue weighted by molar-refractivity contribution is 6.33. The average molecular weight is 312 g/mol. The Morgan fingerprint density at radius 1 is 1.52 bits per heavy atom. The van der Waals surface area contributed by atoms with Crippen LogP contribution in [0.5, 0.6) is 0 Å². The molecule has 7 heteroatoms. The summed E-state index contributed by atoms with van der Waals surface area (Å²) in [5.74, 6) is -0.415. The number of likely N-dealkylation sites (tertiary alicyclic amines) is 1. The lowest BCUT2D eigenvalue weighted by Gasteiger charge is -2.17. The number of aliphatic carboxylic acids is 1. The van der Waals surface area contributed by atoms with Gasteiger partial charge in [0.2, 0.25) is 0 Å². The standard InChI is InChI=1S/C14H18ClN3O3/c1-8(2)13-16-6-10(15)12(17-13)14(21)18-4-3-9(7-18)5-11(19)20/h6,8-9H,3-5,7H2,1-2H3,(H,19,20). The van der Waals surface area contributed by atoms with Crippen LogP contribution in [0.15, 0.2) is 6.20 Å². The highest BCUT2D eigenvalue weighted by atomic mass is 35.5. The average Bonchev–Trinajstić information content (AvgIpc) is 2.85. The molecule has 2 heterocycles. The molecule has 1 fully saturated rings. The van der Waals surface area contributed by atoms with E-state index in [9.17, 15) is 9.59 Å². The SMILES string of the molecule is CC(C)c1ncc(Cl)c(C(=O)N2CCC(CC(=O)O)C2)n1. The highest BCUT2D eigenvalue weighted by Crippen LogP contribution is 2.24. The second-order valence-corrected chi connectivity index (χ2v) is 5.99. The van der Waals surface area contributed by atoms with Crippen molar-refractivity contribution in [2.45, 2.75) is 32.6 Å². The van der Waals surface area contributed by atoms with Crippen LogP contribution in [0.25, 0.3) is 0 Å². The number of amides is 1. The number of carboxylic acid groups (broad SMARTS) is 1. The fraction of sp³-hybridized carbons (Fsp3) is 0.571. The maximum atomic E-state index is 12.5. The van der Waals surface area contributed by atoms with Gasteiger partial charge in [-0.15, -0.1) is 0 Å². The molecule has 0 saturated carbocycles. The van der Waals surface area contributed by atoms with Crippen LogP contribution in [0.4, 0.5) is 0 Å². The van der Waals surface area contributed by atoms with E-state index in [1.165, 1.54) is 6.20 Å². The second kappa shape index (κ2) is 6.39. The maximum absolute atomic E-state index is 12.5. The van der Waals surface area contributed by atoms with Gasteiger partial charge in [0, 0.05) is 25.4 Å². The number of carbonyl (C=O) groups excluding carboxylic acids is 1. The molecule has 0 aliphatic carbocycles. The van der Waals surface area contributed by atoms with Gasteiger partial charge in [0.05, 0.1) is 11.2 Å². The van der Waals surface area contributed by atoms with Crippen molar-refractivity contribution in [3.8, 4) is 0 Å². The van der Waals surface area contributed by atoms with Crippen molar-refractivity contribution >= 4 is 23.5 Å². The molecule has 1 unspecified atom stereocenters. The third kappa shape index (κ3) is 3.69. The number of halogens is 1. The first-order chi connectivity index (χ1) is 9.88. The number of nitrogens with zero attached hydrogens (tertiary/aromatic N) is 3. The van der Waals surface area contributed by atoms with E-state index in [1.54, 1.807) is 4.90 Å². The largest absolute Gasteiger partial charge is 0.481 e. The minimum absolute atomic E-state index is 0.00312. The maximum Gasteiger partial charge on any atom is 0.303 e. The molecule has 21 heavy (non-hydrogen) atoms. The van der Waals surface area contributed by atoms with E-state index in [2.05, 4.69) is 9.97 Å². The van der Waals surface area contributed by atoms with Crippen LogP contribution in [0.1, 0.15) is 48.9 Å². The van der Waals surface area contributed by atoms with Gasteiger partial charge in [-0.1, -0.05) is 25.4 Å². The molecule has 0 aromatic carbocycles. The summed E-state index contributed by atoms with van der Waals surface area (Å²) in [6.07, 6.45) is 2.22. The van der Waals surface area contributed by atoms with Crippen molar-refractivity contribution in [2.75, 3.05) is 13.1 Å². The molecule has 2 rings (SSSR count). The van der Waals surface area contributed by atoms with Gasteiger partial charge in [-0.05, 0) is 12.3 Å². The minimum Gasteiger partial charge on any atom is -0.481 e. The molecule has 0 radical (unpaired) electrons. The third-order valence-corrected chi connectivity index (χ3v) is 3.79. The summed E-state index contributed by atoms with van der Waals surface area (Å²) in [4.78, 5) is 33.2. The van der Waals surface area contributed by atoms with Crippen LogP contribution >= 0.6 is 11.6 Å². The first kappa shape index (κ1) is 15.7. The normalized spacial score (nSPS) is 18.3. The molecule has 1 N–H and O–H groups in total. The molecule has 1 aromatic heterocycles. The number of carbonyl (C=O) groups is 2. The zero-order valence-corrected chi connectivity index (χ0v) is 12.8. The Kier molecular flexibility index (Phi) is 4.77. The van der Waals surface area contributed by atoms with E-state index in [4.69, 9.17) is 16.7 Å². The summed E-state index contributed by atoms with van der Waals surface area (Å²) in [5.41, 5.74) is 0.200. The zero-order chi connectivity index (χ0) is 15.6. The van der Waals surface area contributed by atoms with Crippen LogP contribution in [-0.4, -0.2) is 44.9 Å². The quantitative estimate of drug-likeness (QED) is 0.921. The van der Waals surface area contributed by atoms with Gasteiger partial charge < -0.3 is 10.0 Å². The van der Waals surface area contributed by atoms with Crippen LogP contribution in [0, 0.1) is 5.92 Å². The van der Waals surface area contributed by atoms with E-state index in [-0.39, 0.29) is 34.9 Å². The molecule has 6 nitrogen and oxygen atoms in total. The lowest BCUT2D eigenvalue weighted by molar-refractivity contribution is -0.138. The van der Waals surface area contributed by atoms with Gasteiger partial charge in [0.25, 0.3) is 5.91 Å². The topological polar surface area (TPSA) is 83.4 Å². The Labute approximate surface area is 128 Å². The number of rotatable bonds is 4. The number of aromatic nitrogens is 2. The van der Waals surface area contributed by atoms with Gasteiger partial charge >= 0.3 is 5.97 Å². The van der Waals surface area contributed by atoms with Crippen molar-refractivity contribution in [1.29, 1.82) is 0 Å². The summed E-state index contributed by atoms with van der Waals surface area (Å²) in [6.45, 7) is 4.85. The monoisotopic (exact) mass is 311 g/mol. The summed E-state index contributed by atoms with van der Waals surface area (Å²) in [7, 11) is 0. The molecule has 0 bridgehead atoms. The Hall–Kier alpha value is -1.69. The Morgan fingerprint density at radius 3 is 2.86 bits per heavy atom. The Balaban J connectivity index is 2.14. The summed E-state index contributed by atoms with van der Waals surface area (Å²) in [6, 6.07) is 0. The fourth-order valence-electron chi connectivity index (χ4n) is 2.39. The molecule has 114 valence electrons. The van der Waals surface area contributed by atoms with Crippen molar-refractivity contribution in [1.82, 2.24) is 14.9 Å². The van der Waals surface area contributed by atoms with E-state index >= 15 is 0 Å². The lowest BCUT2D eigenvalue weighted by Crippen LogP contribution is -2.30. The molecule has 1 atom stereocenters. The number of hydrogen-bond donors (Lipinski definition) is 1. The summed E-state index contributed by atoms with van der Waals surface area (Å²) in [5, 5.41) is 9.04.